The summed E-state index contributed by atoms with van der Waals surface area (Å²) in [5.41, 5.74) is 0. The molecule has 0 aliphatic carbocycles. The fourth-order valence-electron chi connectivity index (χ4n) is 3.23. The Morgan fingerprint density at radius 3 is 1.15 bits per heavy atom. The smallest absolute Gasteiger partial charge is 0.305 e. The molecule has 0 aliphatic heterocycles. The van der Waals surface area contributed by atoms with Crippen molar-refractivity contribution in [3.8, 4) is 0 Å². The van der Waals surface area contributed by atoms with Crippen molar-refractivity contribution in [3.63, 3.8) is 0 Å². The predicted octanol–water partition coefficient (Wildman–Crippen LogP) is 6.74. The normalized spacial score (nSPS) is 10.9. The molecule has 0 aromatic heterocycles. The van der Waals surface area contributed by atoms with Crippen molar-refractivity contribution in [1.82, 2.24) is 0 Å². The van der Waals surface area contributed by atoms with E-state index in [0.717, 1.165) is 71.2 Å². The summed E-state index contributed by atoms with van der Waals surface area (Å²) in [4.78, 5) is 11.3. The number of hydrogen-bond donors (Lipinski definition) is 0. The van der Waals surface area contributed by atoms with E-state index < -0.39 is 0 Å². The summed E-state index contributed by atoms with van der Waals surface area (Å²) in [5, 5.41) is 0. The zero-order valence-electron chi connectivity index (χ0n) is 27.3. The summed E-state index contributed by atoms with van der Waals surface area (Å²) in [6.07, 6.45) is 14.5. The van der Waals surface area contributed by atoms with Crippen LogP contribution in [0.4, 0.5) is 0 Å². The van der Waals surface area contributed by atoms with Crippen molar-refractivity contribution in [1.29, 1.82) is 0 Å². The number of hydrogen-bond acceptors (Lipinski definition) is 9. The SMILES string of the molecule is CCCCCCCCC(=O)OCCOCCCC.CCCCOCCOCCOCOCCOCCOCCCC. The Morgan fingerprint density at radius 2 is 0.707 bits per heavy atom. The van der Waals surface area contributed by atoms with E-state index in [-0.39, 0.29) is 12.8 Å². The van der Waals surface area contributed by atoms with Crippen molar-refractivity contribution in [2.75, 3.05) is 92.7 Å². The van der Waals surface area contributed by atoms with E-state index in [1.807, 2.05) is 0 Å². The molecule has 0 N–H and O–H groups in total. The van der Waals surface area contributed by atoms with Crippen molar-refractivity contribution >= 4 is 5.97 Å². The van der Waals surface area contributed by atoms with Crippen LogP contribution in [0.2, 0.25) is 0 Å². The van der Waals surface area contributed by atoms with E-state index in [1.165, 1.54) is 25.7 Å². The van der Waals surface area contributed by atoms with Crippen LogP contribution in [-0.4, -0.2) is 98.7 Å². The van der Waals surface area contributed by atoms with Crippen LogP contribution in [0.25, 0.3) is 0 Å². The average molecular weight is 595 g/mol. The fourth-order valence-corrected chi connectivity index (χ4v) is 3.23. The van der Waals surface area contributed by atoms with Crippen molar-refractivity contribution < 1.29 is 42.7 Å². The molecule has 0 radical (unpaired) electrons. The van der Waals surface area contributed by atoms with E-state index >= 15 is 0 Å². The third-order valence-corrected chi connectivity index (χ3v) is 5.81. The molecule has 0 unspecified atom stereocenters. The Kier molecular flexibility index (Phi) is 42.7. The van der Waals surface area contributed by atoms with E-state index in [9.17, 15) is 4.79 Å². The summed E-state index contributed by atoms with van der Waals surface area (Å²) in [5.74, 6) is -0.0791. The molecule has 248 valence electrons. The quantitative estimate of drug-likeness (QED) is 0.0465. The second-order valence-corrected chi connectivity index (χ2v) is 9.80. The summed E-state index contributed by atoms with van der Waals surface area (Å²) in [7, 11) is 0. The highest BCUT2D eigenvalue weighted by Gasteiger charge is 2.02. The van der Waals surface area contributed by atoms with Crippen LogP contribution >= 0.6 is 0 Å². The Balaban J connectivity index is 0. The number of carbonyl (C=O) groups is 1. The molecule has 0 saturated heterocycles. The maximum absolute atomic E-state index is 11.3. The van der Waals surface area contributed by atoms with Crippen LogP contribution in [0.15, 0.2) is 0 Å². The molecule has 0 aromatic carbocycles. The van der Waals surface area contributed by atoms with E-state index in [4.69, 9.17) is 37.9 Å². The minimum atomic E-state index is -0.0791. The Morgan fingerprint density at radius 1 is 0.366 bits per heavy atom. The van der Waals surface area contributed by atoms with Gasteiger partial charge >= 0.3 is 5.97 Å². The Bertz CT molecular complexity index is 428. The largest absolute Gasteiger partial charge is 0.463 e. The first-order chi connectivity index (χ1) is 20.2. The van der Waals surface area contributed by atoms with Gasteiger partial charge in [0.2, 0.25) is 0 Å². The molecular formula is C32H66O9. The second kappa shape index (κ2) is 41.3. The maximum Gasteiger partial charge on any atom is 0.305 e. The lowest BCUT2D eigenvalue weighted by atomic mass is 10.1. The fraction of sp³-hybridized carbons (Fsp3) is 0.969. The van der Waals surface area contributed by atoms with Gasteiger partial charge in [-0.05, 0) is 25.7 Å². The van der Waals surface area contributed by atoms with Crippen LogP contribution in [0, 0.1) is 0 Å². The van der Waals surface area contributed by atoms with E-state index in [0.29, 0.717) is 72.5 Å². The number of carbonyl (C=O) groups excluding carboxylic acids is 1. The summed E-state index contributed by atoms with van der Waals surface area (Å²) in [6.45, 7) is 16.9. The van der Waals surface area contributed by atoms with Gasteiger partial charge in [0.25, 0.3) is 0 Å². The Labute approximate surface area is 252 Å². The molecule has 0 aliphatic rings. The minimum Gasteiger partial charge on any atom is -0.463 e. The predicted molar refractivity (Wildman–Crippen MR) is 165 cm³/mol. The first-order valence-electron chi connectivity index (χ1n) is 16.4. The van der Waals surface area contributed by atoms with Gasteiger partial charge in [-0.3, -0.25) is 4.79 Å². The van der Waals surface area contributed by atoms with Gasteiger partial charge in [-0.2, -0.15) is 0 Å². The van der Waals surface area contributed by atoms with E-state index in [1.54, 1.807) is 0 Å². The average Bonchev–Trinajstić information content (AvgIpc) is 2.98. The Hall–Kier alpha value is -0.810. The van der Waals surface area contributed by atoms with Crippen molar-refractivity contribution in [3.05, 3.63) is 0 Å². The molecule has 9 nitrogen and oxygen atoms in total. The molecule has 0 fully saturated rings. The lowest BCUT2D eigenvalue weighted by molar-refractivity contribution is -0.145. The van der Waals surface area contributed by atoms with Crippen LogP contribution in [-0.2, 0) is 42.7 Å². The lowest BCUT2D eigenvalue weighted by Crippen LogP contribution is -2.13. The van der Waals surface area contributed by atoms with Gasteiger partial charge in [0.1, 0.15) is 13.4 Å². The van der Waals surface area contributed by atoms with Gasteiger partial charge in [0.15, 0.2) is 0 Å². The lowest BCUT2D eigenvalue weighted by Gasteiger charge is -2.08. The van der Waals surface area contributed by atoms with Crippen LogP contribution < -0.4 is 0 Å². The van der Waals surface area contributed by atoms with Gasteiger partial charge < -0.3 is 37.9 Å². The third-order valence-electron chi connectivity index (χ3n) is 5.81. The molecule has 0 spiro atoms. The van der Waals surface area contributed by atoms with E-state index in [2.05, 4.69) is 27.7 Å². The maximum atomic E-state index is 11.3. The number of unbranched alkanes of at least 4 members (excludes halogenated alkanes) is 8. The standard InChI is InChI=1S/C17H36O6.C15H30O3/c1-3-5-7-18-9-11-20-13-15-22-17-23-16-14-21-12-10-19-8-6-4-2;1-3-5-7-8-9-10-11-15(16)18-14-13-17-12-6-4-2/h3-17H2,1-2H3;3-14H2,1-2H3. The minimum absolute atomic E-state index is 0.0791. The number of esters is 1. The number of ether oxygens (including phenoxy) is 8. The zero-order valence-corrected chi connectivity index (χ0v) is 27.3. The highest BCUT2D eigenvalue weighted by Crippen LogP contribution is 2.07. The molecule has 0 amide bonds. The molecule has 0 aromatic rings. The van der Waals surface area contributed by atoms with Crippen molar-refractivity contribution in [2.24, 2.45) is 0 Å². The first-order valence-corrected chi connectivity index (χ1v) is 16.4. The van der Waals surface area contributed by atoms with Gasteiger partial charge in [-0.25, -0.2) is 0 Å². The van der Waals surface area contributed by atoms with Gasteiger partial charge in [0.05, 0.1) is 59.5 Å². The van der Waals surface area contributed by atoms with Gasteiger partial charge in [0, 0.05) is 26.2 Å². The molecular weight excluding hydrogens is 528 g/mol. The highest BCUT2D eigenvalue weighted by atomic mass is 16.7. The van der Waals surface area contributed by atoms with Crippen LogP contribution in [0.3, 0.4) is 0 Å². The third kappa shape index (κ3) is 43.8. The molecule has 41 heavy (non-hydrogen) atoms. The molecule has 0 bridgehead atoms. The zero-order chi connectivity index (χ0) is 30.3. The molecule has 9 heteroatoms. The topological polar surface area (TPSA) is 90.9 Å². The molecule has 0 atom stereocenters. The van der Waals surface area contributed by atoms with Crippen LogP contribution in [0.1, 0.15) is 111 Å². The monoisotopic (exact) mass is 594 g/mol. The van der Waals surface area contributed by atoms with Gasteiger partial charge in [-0.1, -0.05) is 79.1 Å². The van der Waals surface area contributed by atoms with Crippen molar-refractivity contribution in [2.45, 2.75) is 111 Å². The molecule has 0 saturated carbocycles. The first kappa shape index (κ1) is 42.3. The summed E-state index contributed by atoms with van der Waals surface area (Å²) < 4.78 is 42.5. The highest BCUT2D eigenvalue weighted by molar-refractivity contribution is 5.69. The second-order valence-electron chi connectivity index (χ2n) is 9.80. The van der Waals surface area contributed by atoms with Crippen LogP contribution in [0.5, 0.6) is 0 Å². The van der Waals surface area contributed by atoms with Gasteiger partial charge in [-0.15, -0.1) is 0 Å². The summed E-state index contributed by atoms with van der Waals surface area (Å²) in [6, 6.07) is 0. The number of rotatable bonds is 33. The molecule has 0 rings (SSSR count). The molecule has 0 heterocycles. The summed E-state index contributed by atoms with van der Waals surface area (Å²) >= 11 is 0.